The molecule has 0 aromatic carbocycles. The van der Waals surface area contributed by atoms with Gasteiger partial charge in [0, 0.05) is 12.3 Å². The summed E-state index contributed by atoms with van der Waals surface area (Å²) in [5.41, 5.74) is 0.400. The van der Waals surface area contributed by atoms with E-state index in [2.05, 4.69) is 27.7 Å². The van der Waals surface area contributed by atoms with Gasteiger partial charge in [0.05, 0.1) is 38.1 Å². The predicted molar refractivity (Wildman–Crippen MR) is 214 cm³/mol. The maximum atomic E-state index is 11.1. The van der Waals surface area contributed by atoms with Gasteiger partial charge in [-0.05, 0) is 111 Å². The molecular formula is C45H74O17. The first kappa shape index (κ1) is 46.4. The Balaban J connectivity index is 0.791. The molecule has 5 heterocycles. The van der Waals surface area contributed by atoms with E-state index in [0.717, 1.165) is 51.6 Å². The average Bonchev–Trinajstić information content (AvgIpc) is 3.70. The number of fused-ring (bicyclic) bond motifs is 7. The van der Waals surface area contributed by atoms with Crippen molar-refractivity contribution in [2.45, 2.75) is 209 Å². The number of aliphatic hydroxyl groups excluding tert-OH is 9. The van der Waals surface area contributed by atoms with E-state index in [-0.39, 0.29) is 23.0 Å². The third kappa shape index (κ3) is 7.75. The molecule has 9 aliphatic rings. The Bertz CT molecular complexity index is 1550. The third-order valence-corrected chi connectivity index (χ3v) is 18.2. The lowest BCUT2D eigenvalue weighted by atomic mass is 9.44. The highest BCUT2D eigenvalue weighted by Gasteiger charge is 2.69. The van der Waals surface area contributed by atoms with Crippen molar-refractivity contribution in [1.29, 1.82) is 0 Å². The van der Waals surface area contributed by atoms with Crippen LogP contribution in [0, 0.1) is 52.3 Å². The molecule has 0 aromatic rings. The summed E-state index contributed by atoms with van der Waals surface area (Å²) in [7, 11) is 0. The topological polar surface area (TPSA) is 256 Å². The lowest BCUT2D eigenvalue weighted by molar-refractivity contribution is -0.345. The van der Waals surface area contributed by atoms with E-state index in [1.165, 1.54) is 26.2 Å². The van der Waals surface area contributed by atoms with Gasteiger partial charge in [0.2, 0.25) is 0 Å². The Morgan fingerprint density at radius 1 is 0.565 bits per heavy atom. The fourth-order valence-electron chi connectivity index (χ4n) is 14.4. The van der Waals surface area contributed by atoms with Crippen LogP contribution < -0.4 is 0 Å². The lowest BCUT2D eigenvalue weighted by Gasteiger charge is -2.61. The molecule has 27 unspecified atom stereocenters. The van der Waals surface area contributed by atoms with Crippen LogP contribution in [0.25, 0.3) is 0 Å². The van der Waals surface area contributed by atoms with E-state index < -0.39 is 111 Å². The second-order valence-electron chi connectivity index (χ2n) is 21.6. The molecular weight excluding hydrogens is 812 g/mol. The summed E-state index contributed by atoms with van der Waals surface area (Å²) >= 11 is 0. The highest BCUT2D eigenvalue weighted by Crippen LogP contribution is 2.71. The maximum absolute atomic E-state index is 11.1. The molecule has 0 aromatic heterocycles. The highest BCUT2D eigenvalue weighted by atomic mass is 16.7. The SMILES string of the molecule is CC1CCC2(OC1)OC1CC3C4CCC5CC(OC6OC(COC7OC(COC8OC(C)C(O)C(O)C8O)C(O)C(O)C7O)C(O)C(O)C6O)CCC5(C)C4CCC3(C)C1C2C. The van der Waals surface area contributed by atoms with Crippen LogP contribution in [0.5, 0.6) is 0 Å². The minimum atomic E-state index is -1.75. The normalized spacial score (nSPS) is 58.9. The van der Waals surface area contributed by atoms with E-state index in [9.17, 15) is 46.0 Å². The molecule has 356 valence electrons. The quantitative estimate of drug-likeness (QED) is 0.149. The molecule has 17 nitrogen and oxygen atoms in total. The van der Waals surface area contributed by atoms with Crippen LogP contribution in [-0.2, 0) is 37.9 Å². The number of ether oxygens (including phenoxy) is 8. The van der Waals surface area contributed by atoms with Crippen molar-refractivity contribution in [3.05, 3.63) is 0 Å². The molecule has 9 fully saturated rings. The van der Waals surface area contributed by atoms with Crippen molar-refractivity contribution >= 4 is 0 Å². The van der Waals surface area contributed by atoms with E-state index in [0.29, 0.717) is 41.4 Å². The molecule has 0 radical (unpaired) electrons. The Hall–Kier alpha value is -0.680. The Morgan fingerprint density at radius 3 is 1.81 bits per heavy atom. The molecule has 17 heteroatoms. The number of hydrogen-bond donors (Lipinski definition) is 9. The second kappa shape index (κ2) is 17.4. The van der Waals surface area contributed by atoms with E-state index in [1.54, 1.807) is 0 Å². The molecule has 27 atom stereocenters. The first-order chi connectivity index (χ1) is 29.4. The summed E-state index contributed by atoms with van der Waals surface area (Å²) in [6.07, 6.45) is -11.5. The zero-order valence-corrected chi connectivity index (χ0v) is 36.8. The van der Waals surface area contributed by atoms with Gasteiger partial charge in [-0.15, -0.1) is 0 Å². The second-order valence-corrected chi connectivity index (χ2v) is 21.6. The van der Waals surface area contributed by atoms with Crippen molar-refractivity contribution in [1.82, 2.24) is 0 Å². The largest absolute Gasteiger partial charge is 0.388 e. The molecule has 9 rings (SSSR count). The molecule has 4 saturated carbocycles. The van der Waals surface area contributed by atoms with Crippen molar-refractivity contribution in [3.63, 3.8) is 0 Å². The molecule has 9 N–H and O–H groups in total. The molecule has 4 aliphatic carbocycles. The summed E-state index contributed by atoms with van der Waals surface area (Å²) in [6, 6.07) is 0. The summed E-state index contributed by atoms with van der Waals surface area (Å²) in [5, 5.41) is 95.4. The highest BCUT2D eigenvalue weighted by molar-refractivity contribution is 5.15. The van der Waals surface area contributed by atoms with E-state index in [1.807, 2.05) is 0 Å². The lowest BCUT2D eigenvalue weighted by Crippen LogP contribution is -2.62. The molecule has 0 bridgehead atoms. The summed E-state index contributed by atoms with van der Waals surface area (Å²) < 4.78 is 48.5. The minimum absolute atomic E-state index is 0.156. The van der Waals surface area contributed by atoms with Crippen molar-refractivity contribution in [3.8, 4) is 0 Å². The summed E-state index contributed by atoms with van der Waals surface area (Å²) in [6.45, 7) is 11.1. The standard InChI is InChI=1S/C45H74O17/c1-19-8-13-45(57-16-19)20(2)30-27(62-45)15-26-24-7-6-22-14-23(9-11-43(22,4)25(24)10-12-44(26,30)5)59-42-39(54)36(51)33(48)29(61-42)18-56-41-38(53)35(50)32(47)28(60-41)17-55-40-37(52)34(49)31(46)21(3)58-40/h19-42,46-54H,6-18H2,1-5H3. The van der Waals surface area contributed by atoms with Gasteiger partial charge in [-0.25, -0.2) is 0 Å². The van der Waals surface area contributed by atoms with Crippen LogP contribution >= 0.6 is 0 Å². The zero-order valence-electron chi connectivity index (χ0n) is 36.8. The van der Waals surface area contributed by atoms with Crippen LogP contribution in [0.3, 0.4) is 0 Å². The Kier molecular flexibility index (Phi) is 13.1. The summed E-state index contributed by atoms with van der Waals surface area (Å²) in [4.78, 5) is 0. The van der Waals surface area contributed by atoms with E-state index >= 15 is 0 Å². The summed E-state index contributed by atoms with van der Waals surface area (Å²) in [5.74, 6) is 3.41. The van der Waals surface area contributed by atoms with Gasteiger partial charge in [-0.3, -0.25) is 0 Å². The van der Waals surface area contributed by atoms with Gasteiger partial charge in [0.1, 0.15) is 67.1 Å². The fraction of sp³-hybridized carbons (Fsp3) is 1.00. The van der Waals surface area contributed by atoms with E-state index in [4.69, 9.17) is 37.9 Å². The third-order valence-electron chi connectivity index (χ3n) is 18.2. The Labute approximate surface area is 364 Å². The van der Waals surface area contributed by atoms with Gasteiger partial charge >= 0.3 is 0 Å². The average molecular weight is 887 g/mol. The fourth-order valence-corrected chi connectivity index (χ4v) is 14.4. The monoisotopic (exact) mass is 886 g/mol. The van der Waals surface area contributed by atoms with Crippen molar-refractivity contribution in [2.75, 3.05) is 19.8 Å². The van der Waals surface area contributed by atoms with Gasteiger partial charge in [0.15, 0.2) is 24.7 Å². The first-order valence-electron chi connectivity index (χ1n) is 23.7. The van der Waals surface area contributed by atoms with Gasteiger partial charge in [0.25, 0.3) is 0 Å². The van der Waals surface area contributed by atoms with Gasteiger partial charge < -0.3 is 83.9 Å². The van der Waals surface area contributed by atoms with Crippen LogP contribution in [0.1, 0.15) is 98.8 Å². The van der Waals surface area contributed by atoms with Gasteiger partial charge in [-0.2, -0.15) is 0 Å². The molecule has 5 aliphatic heterocycles. The smallest absolute Gasteiger partial charge is 0.186 e. The number of aliphatic hydroxyl groups is 9. The molecule has 5 saturated heterocycles. The molecule has 62 heavy (non-hydrogen) atoms. The van der Waals surface area contributed by atoms with Crippen molar-refractivity contribution < 1.29 is 83.9 Å². The number of rotatable bonds is 8. The van der Waals surface area contributed by atoms with Crippen LogP contribution in [0.15, 0.2) is 0 Å². The van der Waals surface area contributed by atoms with Crippen LogP contribution in [0.4, 0.5) is 0 Å². The van der Waals surface area contributed by atoms with Crippen LogP contribution in [-0.4, -0.2) is 176 Å². The van der Waals surface area contributed by atoms with Crippen LogP contribution in [0.2, 0.25) is 0 Å². The molecule has 1 spiro atoms. The maximum Gasteiger partial charge on any atom is 0.186 e. The first-order valence-corrected chi connectivity index (χ1v) is 23.7. The van der Waals surface area contributed by atoms with Crippen molar-refractivity contribution in [2.24, 2.45) is 52.3 Å². The minimum Gasteiger partial charge on any atom is -0.388 e. The van der Waals surface area contributed by atoms with Gasteiger partial charge in [-0.1, -0.05) is 27.7 Å². The predicted octanol–water partition coefficient (Wildman–Crippen LogP) is 0.294. The Morgan fingerprint density at radius 2 is 1.16 bits per heavy atom. The zero-order chi connectivity index (χ0) is 44.2. The molecule has 0 amide bonds. The number of hydrogen-bond acceptors (Lipinski definition) is 17.